The van der Waals surface area contributed by atoms with Crippen LogP contribution in [0, 0.1) is 5.41 Å². The summed E-state index contributed by atoms with van der Waals surface area (Å²) in [5, 5.41) is 6.73. The highest BCUT2D eigenvalue weighted by molar-refractivity contribution is 6.32. The monoisotopic (exact) mass is 332 g/mol. The largest absolute Gasteiger partial charge is 0.492 e. The van der Waals surface area contributed by atoms with Crippen LogP contribution in [-0.4, -0.2) is 25.6 Å². The topological polar surface area (TPSA) is 50.4 Å². The van der Waals surface area contributed by atoms with Gasteiger partial charge in [0.15, 0.2) is 0 Å². The number of halogens is 2. The molecule has 1 aliphatic heterocycles. The molecule has 1 heterocycles. The van der Waals surface area contributed by atoms with Gasteiger partial charge in [-0.1, -0.05) is 11.6 Å². The van der Waals surface area contributed by atoms with E-state index in [1.165, 1.54) is 0 Å². The first-order chi connectivity index (χ1) is 9.55. The highest BCUT2D eigenvalue weighted by Gasteiger charge is 2.34. The van der Waals surface area contributed by atoms with Crippen molar-refractivity contribution in [1.82, 2.24) is 5.32 Å². The van der Waals surface area contributed by atoms with Crippen LogP contribution in [0.1, 0.15) is 26.7 Å². The molecule has 21 heavy (non-hydrogen) atoms. The van der Waals surface area contributed by atoms with Crippen LogP contribution in [0.2, 0.25) is 5.02 Å². The van der Waals surface area contributed by atoms with Gasteiger partial charge in [0.05, 0.1) is 17.0 Å². The molecule has 1 fully saturated rings. The molecule has 0 aromatic heterocycles. The van der Waals surface area contributed by atoms with E-state index in [9.17, 15) is 4.79 Å². The molecular weight excluding hydrogens is 311 g/mol. The van der Waals surface area contributed by atoms with E-state index in [2.05, 4.69) is 10.6 Å². The molecule has 1 aromatic rings. The minimum Gasteiger partial charge on any atom is -0.492 e. The van der Waals surface area contributed by atoms with Gasteiger partial charge < -0.3 is 15.4 Å². The Hall–Kier alpha value is -0.970. The van der Waals surface area contributed by atoms with E-state index < -0.39 is 0 Å². The molecule has 1 atom stereocenters. The molecule has 1 saturated heterocycles. The number of hydrogen-bond donors (Lipinski definition) is 2. The van der Waals surface area contributed by atoms with Gasteiger partial charge in [0.25, 0.3) is 0 Å². The van der Waals surface area contributed by atoms with E-state index >= 15 is 0 Å². The lowest BCUT2D eigenvalue weighted by atomic mass is 9.82. The lowest BCUT2D eigenvalue weighted by Crippen LogP contribution is -2.46. The SMILES string of the molecule is CCOc1ccc(NC(=O)C2(C)CCCNC2)cc1Cl.Cl. The van der Waals surface area contributed by atoms with Crippen molar-refractivity contribution in [2.45, 2.75) is 26.7 Å². The first-order valence-electron chi connectivity index (χ1n) is 7.00. The number of amides is 1. The number of hydrogen-bond acceptors (Lipinski definition) is 3. The zero-order valence-corrected chi connectivity index (χ0v) is 13.9. The van der Waals surface area contributed by atoms with E-state index in [1.807, 2.05) is 19.9 Å². The average Bonchev–Trinajstić information content (AvgIpc) is 2.43. The summed E-state index contributed by atoms with van der Waals surface area (Å²) in [7, 11) is 0. The van der Waals surface area contributed by atoms with Crippen molar-refractivity contribution < 1.29 is 9.53 Å². The summed E-state index contributed by atoms with van der Waals surface area (Å²) in [5.74, 6) is 0.669. The molecule has 1 amide bonds. The van der Waals surface area contributed by atoms with Crippen LogP contribution in [0.25, 0.3) is 0 Å². The molecule has 4 nitrogen and oxygen atoms in total. The number of carbonyl (C=O) groups excluding carboxylic acids is 1. The Morgan fingerprint density at radius 3 is 2.86 bits per heavy atom. The van der Waals surface area contributed by atoms with Gasteiger partial charge in [-0.2, -0.15) is 0 Å². The van der Waals surface area contributed by atoms with Gasteiger partial charge in [-0.25, -0.2) is 0 Å². The number of piperidine rings is 1. The Morgan fingerprint density at radius 2 is 2.29 bits per heavy atom. The van der Waals surface area contributed by atoms with Crippen molar-refractivity contribution in [1.29, 1.82) is 0 Å². The summed E-state index contributed by atoms with van der Waals surface area (Å²) >= 11 is 6.12. The Kier molecular flexibility index (Phi) is 6.78. The van der Waals surface area contributed by atoms with E-state index in [-0.39, 0.29) is 23.7 Å². The lowest BCUT2D eigenvalue weighted by Gasteiger charge is -2.32. The highest BCUT2D eigenvalue weighted by atomic mass is 35.5. The standard InChI is InChI=1S/C15H21ClN2O2.ClH/c1-3-20-13-6-5-11(9-12(13)16)18-14(19)15(2)7-4-8-17-10-15;/h5-6,9,17H,3-4,7-8,10H2,1-2H3,(H,18,19);1H. The number of nitrogens with one attached hydrogen (secondary N) is 2. The number of benzene rings is 1. The average molecular weight is 333 g/mol. The normalized spacial score (nSPS) is 21.3. The third kappa shape index (κ3) is 4.50. The van der Waals surface area contributed by atoms with Gasteiger partial charge in [0.1, 0.15) is 5.75 Å². The molecule has 1 aliphatic rings. The number of anilines is 1. The van der Waals surface area contributed by atoms with Gasteiger partial charge >= 0.3 is 0 Å². The Labute approximate surface area is 137 Å². The fourth-order valence-electron chi connectivity index (χ4n) is 2.38. The summed E-state index contributed by atoms with van der Waals surface area (Å²) in [6.45, 7) is 6.16. The van der Waals surface area contributed by atoms with Crippen molar-refractivity contribution in [2.75, 3.05) is 25.0 Å². The Morgan fingerprint density at radius 1 is 1.52 bits per heavy atom. The molecule has 0 spiro atoms. The van der Waals surface area contributed by atoms with Crippen LogP contribution < -0.4 is 15.4 Å². The van der Waals surface area contributed by atoms with Crippen LogP contribution in [0.3, 0.4) is 0 Å². The van der Waals surface area contributed by atoms with Crippen molar-refractivity contribution in [3.8, 4) is 5.75 Å². The molecule has 0 saturated carbocycles. The maximum atomic E-state index is 12.4. The zero-order valence-electron chi connectivity index (χ0n) is 12.4. The van der Waals surface area contributed by atoms with Gasteiger partial charge in [-0.05, 0) is 51.4 Å². The van der Waals surface area contributed by atoms with Gasteiger partial charge in [0.2, 0.25) is 5.91 Å². The van der Waals surface area contributed by atoms with Crippen molar-refractivity contribution in [3.05, 3.63) is 23.2 Å². The smallest absolute Gasteiger partial charge is 0.231 e. The molecule has 0 radical (unpaired) electrons. The second kappa shape index (κ2) is 7.87. The van der Waals surface area contributed by atoms with Crippen LogP contribution in [0.5, 0.6) is 5.75 Å². The molecule has 0 bridgehead atoms. The summed E-state index contributed by atoms with van der Waals surface area (Å²) in [4.78, 5) is 12.4. The predicted octanol–water partition coefficient (Wildman–Crippen LogP) is 3.49. The van der Waals surface area contributed by atoms with Crippen molar-refractivity contribution in [3.63, 3.8) is 0 Å². The van der Waals surface area contributed by atoms with Gasteiger partial charge in [0, 0.05) is 12.2 Å². The Bertz CT molecular complexity index is 489. The fourth-order valence-corrected chi connectivity index (χ4v) is 2.62. The molecular formula is C15H22Cl2N2O2. The van der Waals surface area contributed by atoms with E-state index in [1.54, 1.807) is 12.1 Å². The van der Waals surface area contributed by atoms with Crippen molar-refractivity contribution in [2.24, 2.45) is 5.41 Å². The maximum Gasteiger partial charge on any atom is 0.231 e. The molecule has 6 heteroatoms. The first kappa shape index (κ1) is 18.1. The molecule has 1 aromatic carbocycles. The second-order valence-corrected chi connectivity index (χ2v) is 5.78. The number of rotatable bonds is 4. The third-order valence-electron chi connectivity index (χ3n) is 3.64. The van der Waals surface area contributed by atoms with E-state index in [0.29, 0.717) is 29.6 Å². The maximum absolute atomic E-state index is 12.4. The molecule has 2 rings (SSSR count). The van der Waals surface area contributed by atoms with Crippen LogP contribution >= 0.6 is 24.0 Å². The summed E-state index contributed by atoms with van der Waals surface area (Å²) < 4.78 is 5.38. The van der Waals surface area contributed by atoms with E-state index in [0.717, 1.165) is 19.4 Å². The fraction of sp³-hybridized carbons (Fsp3) is 0.533. The quantitative estimate of drug-likeness (QED) is 0.887. The number of ether oxygens (including phenoxy) is 1. The number of carbonyl (C=O) groups is 1. The van der Waals surface area contributed by atoms with Gasteiger partial charge in [-0.15, -0.1) is 12.4 Å². The molecule has 118 valence electrons. The molecule has 2 N–H and O–H groups in total. The Balaban J connectivity index is 0.00000220. The second-order valence-electron chi connectivity index (χ2n) is 5.37. The third-order valence-corrected chi connectivity index (χ3v) is 3.93. The molecule has 0 aliphatic carbocycles. The van der Waals surface area contributed by atoms with Crippen LogP contribution in [-0.2, 0) is 4.79 Å². The minimum atomic E-state index is -0.358. The first-order valence-corrected chi connectivity index (χ1v) is 7.37. The summed E-state index contributed by atoms with van der Waals surface area (Å²) in [5.41, 5.74) is 0.346. The van der Waals surface area contributed by atoms with Crippen LogP contribution in [0.4, 0.5) is 5.69 Å². The zero-order chi connectivity index (χ0) is 14.6. The van der Waals surface area contributed by atoms with Gasteiger partial charge in [-0.3, -0.25) is 4.79 Å². The summed E-state index contributed by atoms with van der Waals surface area (Å²) in [6.07, 6.45) is 1.92. The molecule has 1 unspecified atom stereocenters. The predicted molar refractivity (Wildman–Crippen MR) is 88.7 cm³/mol. The van der Waals surface area contributed by atoms with Crippen LogP contribution in [0.15, 0.2) is 18.2 Å². The van der Waals surface area contributed by atoms with E-state index in [4.69, 9.17) is 16.3 Å². The lowest BCUT2D eigenvalue weighted by molar-refractivity contribution is -0.125. The minimum absolute atomic E-state index is 0. The highest BCUT2D eigenvalue weighted by Crippen LogP contribution is 2.30. The van der Waals surface area contributed by atoms with Crippen molar-refractivity contribution >= 4 is 35.6 Å². The summed E-state index contributed by atoms with van der Waals surface area (Å²) in [6, 6.07) is 5.32.